The van der Waals surface area contributed by atoms with Crippen LogP contribution in [0, 0.1) is 6.92 Å². The van der Waals surface area contributed by atoms with Gasteiger partial charge in [-0.1, -0.05) is 18.2 Å². The van der Waals surface area contributed by atoms with E-state index in [0.717, 1.165) is 0 Å². The van der Waals surface area contributed by atoms with Crippen LogP contribution in [0.4, 0.5) is 11.6 Å². The summed E-state index contributed by atoms with van der Waals surface area (Å²) in [6, 6.07) is 13.8. The monoisotopic (exact) mass is 400 g/mol. The van der Waals surface area contributed by atoms with Gasteiger partial charge in [0.2, 0.25) is 5.95 Å². The lowest BCUT2D eigenvalue weighted by molar-refractivity contribution is 0.0962. The maximum absolute atomic E-state index is 12.4. The Bertz CT molecular complexity index is 1140. The Kier molecular flexibility index (Phi) is 5.36. The Morgan fingerprint density at radius 2 is 1.68 bits per heavy atom. The molecule has 1 aromatic heterocycles. The summed E-state index contributed by atoms with van der Waals surface area (Å²) < 4.78 is 27.2. The number of carbonyl (C=O) groups is 1. The van der Waals surface area contributed by atoms with E-state index in [1.165, 1.54) is 31.2 Å². The zero-order valence-corrected chi connectivity index (χ0v) is 15.4. The lowest BCUT2D eigenvalue weighted by Gasteiger charge is -2.09. The van der Waals surface area contributed by atoms with Crippen LogP contribution in [0.25, 0.3) is 0 Å². The van der Waals surface area contributed by atoms with Gasteiger partial charge in [-0.2, -0.15) is 0 Å². The van der Waals surface area contributed by atoms with Crippen molar-refractivity contribution < 1.29 is 13.2 Å². The highest BCUT2D eigenvalue weighted by Crippen LogP contribution is 2.16. The van der Waals surface area contributed by atoms with E-state index in [9.17, 15) is 18.0 Å². The molecule has 144 valence electrons. The predicted octanol–water partition coefficient (Wildman–Crippen LogP) is 1.03. The van der Waals surface area contributed by atoms with Crippen molar-refractivity contribution >= 4 is 27.6 Å². The smallest absolute Gasteiger partial charge is 0.274 e. The van der Waals surface area contributed by atoms with Gasteiger partial charge in [-0.25, -0.2) is 8.42 Å². The number of para-hydroxylation sites is 1. The second-order valence-corrected chi connectivity index (χ2v) is 7.35. The minimum Gasteiger partial charge on any atom is -0.288 e. The number of nitrogens with one attached hydrogen (secondary N) is 4. The molecule has 1 amide bonds. The van der Waals surface area contributed by atoms with Crippen molar-refractivity contribution in [1.29, 1.82) is 0 Å². The molecule has 0 saturated heterocycles. The van der Waals surface area contributed by atoms with Gasteiger partial charge in [-0.05, 0) is 43.3 Å². The number of hydrazine groups is 1. The van der Waals surface area contributed by atoms with Crippen LogP contribution >= 0.6 is 0 Å². The molecule has 0 aliphatic heterocycles. The summed E-state index contributed by atoms with van der Waals surface area (Å²) in [5.74, 6) is -0.585. The molecule has 2 aromatic carbocycles. The van der Waals surface area contributed by atoms with Gasteiger partial charge >= 0.3 is 0 Å². The summed E-state index contributed by atoms with van der Waals surface area (Å²) in [4.78, 5) is 26.0. The molecule has 0 atom stereocenters. The van der Waals surface area contributed by atoms with Gasteiger partial charge in [0.15, 0.2) is 0 Å². The number of nitrogens with zero attached hydrogens (tertiary/aromatic N) is 2. The minimum absolute atomic E-state index is 0.00888. The number of aromatic amines is 1. The van der Waals surface area contributed by atoms with Crippen LogP contribution < -0.4 is 21.1 Å². The second kappa shape index (κ2) is 7.88. The third-order valence-electron chi connectivity index (χ3n) is 3.61. The first-order valence-corrected chi connectivity index (χ1v) is 9.51. The number of aromatic nitrogens is 3. The molecule has 4 N–H and O–H groups in total. The quantitative estimate of drug-likeness (QED) is 0.452. The minimum atomic E-state index is -3.78. The van der Waals surface area contributed by atoms with Crippen LogP contribution in [-0.2, 0) is 10.0 Å². The highest BCUT2D eigenvalue weighted by atomic mass is 32.2. The number of carbonyl (C=O) groups excluding carboxylic acids is 1. The van der Waals surface area contributed by atoms with Gasteiger partial charge in [0.25, 0.3) is 21.5 Å². The van der Waals surface area contributed by atoms with Crippen LogP contribution in [0.3, 0.4) is 0 Å². The largest absolute Gasteiger partial charge is 0.288 e. The second-order valence-electron chi connectivity index (χ2n) is 5.66. The Balaban J connectivity index is 1.66. The van der Waals surface area contributed by atoms with E-state index in [1.54, 1.807) is 30.3 Å². The number of hydrogen-bond acceptors (Lipinski definition) is 7. The highest BCUT2D eigenvalue weighted by Gasteiger charge is 2.15. The van der Waals surface area contributed by atoms with E-state index in [0.29, 0.717) is 5.69 Å². The fourth-order valence-corrected chi connectivity index (χ4v) is 3.20. The van der Waals surface area contributed by atoms with E-state index in [2.05, 4.69) is 30.8 Å². The molecule has 1 heterocycles. The lowest BCUT2D eigenvalue weighted by atomic mass is 10.2. The molecule has 3 aromatic rings. The van der Waals surface area contributed by atoms with Gasteiger partial charge in [-0.15, -0.1) is 10.2 Å². The fraction of sp³-hybridized carbons (Fsp3) is 0.0588. The SMILES string of the molecule is Cc1nnc(NNC(=O)c2ccc(S(=O)(=O)Nc3ccccc3)cc2)[nH]c1=O. The van der Waals surface area contributed by atoms with E-state index in [4.69, 9.17) is 0 Å². The highest BCUT2D eigenvalue weighted by molar-refractivity contribution is 7.92. The van der Waals surface area contributed by atoms with Crippen LogP contribution in [0.2, 0.25) is 0 Å². The summed E-state index contributed by atoms with van der Waals surface area (Å²) in [6.45, 7) is 1.50. The number of aryl methyl sites for hydroxylation is 1. The van der Waals surface area contributed by atoms with Crippen molar-refractivity contribution in [2.45, 2.75) is 11.8 Å². The maximum atomic E-state index is 12.4. The average Bonchev–Trinajstić information content (AvgIpc) is 2.69. The summed E-state index contributed by atoms with van der Waals surface area (Å²) in [5.41, 5.74) is 5.15. The van der Waals surface area contributed by atoms with Crippen molar-refractivity contribution in [2.24, 2.45) is 0 Å². The molecule has 10 nitrogen and oxygen atoms in total. The van der Waals surface area contributed by atoms with Crippen LogP contribution in [0.15, 0.2) is 64.3 Å². The number of amides is 1. The van der Waals surface area contributed by atoms with Crippen LogP contribution in [0.5, 0.6) is 0 Å². The molecule has 0 aliphatic carbocycles. The van der Waals surface area contributed by atoms with E-state index in [1.807, 2.05) is 0 Å². The van der Waals surface area contributed by atoms with E-state index < -0.39 is 21.5 Å². The van der Waals surface area contributed by atoms with Crippen molar-refractivity contribution in [1.82, 2.24) is 20.6 Å². The summed E-state index contributed by atoms with van der Waals surface area (Å²) in [7, 11) is -3.78. The molecule has 0 aliphatic rings. The molecular formula is C17H16N6O4S. The van der Waals surface area contributed by atoms with Crippen LogP contribution in [0.1, 0.15) is 16.1 Å². The van der Waals surface area contributed by atoms with Crippen molar-refractivity contribution in [3.63, 3.8) is 0 Å². The standard InChI is InChI=1S/C17H16N6O4S/c1-11-15(24)18-17(21-19-11)22-20-16(25)12-7-9-14(10-8-12)28(26,27)23-13-5-3-2-4-6-13/h2-10,23H,1H3,(H,20,25)(H2,18,21,22,24). The van der Waals surface area contributed by atoms with Gasteiger partial charge < -0.3 is 0 Å². The number of benzene rings is 2. The predicted molar refractivity (Wildman–Crippen MR) is 102 cm³/mol. The number of rotatable bonds is 6. The number of anilines is 2. The first-order valence-electron chi connectivity index (χ1n) is 8.03. The van der Waals surface area contributed by atoms with Crippen molar-refractivity contribution in [3.8, 4) is 0 Å². The molecule has 0 fully saturated rings. The molecule has 0 spiro atoms. The zero-order valence-electron chi connectivity index (χ0n) is 14.6. The third-order valence-corrected chi connectivity index (χ3v) is 5.00. The average molecular weight is 400 g/mol. The van der Waals surface area contributed by atoms with Gasteiger partial charge in [0, 0.05) is 11.3 Å². The topological polar surface area (TPSA) is 146 Å². The Labute approximate surface area is 160 Å². The summed E-state index contributed by atoms with van der Waals surface area (Å²) in [5, 5.41) is 7.29. The van der Waals surface area contributed by atoms with Gasteiger partial charge in [0.1, 0.15) is 5.69 Å². The molecule has 0 bridgehead atoms. The lowest BCUT2D eigenvalue weighted by Crippen LogP contribution is -2.32. The van der Waals surface area contributed by atoms with E-state index in [-0.39, 0.29) is 22.1 Å². The molecule has 28 heavy (non-hydrogen) atoms. The van der Waals surface area contributed by atoms with Crippen LogP contribution in [-0.4, -0.2) is 29.5 Å². The number of sulfonamides is 1. The zero-order chi connectivity index (χ0) is 20.1. The maximum Gasteiger partial charge on any atom is 0.274 e. The first-order chi connectivity index (χ1) is 13.3. The molecule has 11 heteroatoms. The van der Waals surface area contributed by atoms with Crippen molar-refractivity contribution in [3.05, 3.63) is 76.2 Å². The number of hydrogen-bond donors (Lipinski definition) is 4. The summed E-state index contributed by atoms with van der Waals surface area (Å²) in [6.07, 6.45) is 0. The molecule has 0 unspecified atom stereocenters. The Morgan fingerprint density at radius 1 is 1.00 bits per heavy atom. The number of H-pyrrole nitrogens is 1. The molecule has 0 radical (unpaired) electrons. The Morgan fingerprint density at radius 3 is 2.32 bits per heavy atom. The Hall–Kier alpha value is -3.73. The first kappa shape index (κ1) is 19.0. The molecule has 3 rings (SSSR count). The van der Waals surface area contributed by atoms with Crippen molar-refractivity contribution in [2.75, 3.05) is 10.1 Å². The van der Waals surface area contributed by atoms with Gasteiger partial charge in [-0.3, -0.25) is 30.1 Å². The fourth-order valence-electron chi connectivity index (χ4n) is 2.14. The molecule has 0 saturated carbocycles. The summed E-state index contributed by atoms with van der Waals surface area (Å²) >= 11 is 0. The van der Waals surface area contributed by atoms with Gasteiger partial charge in [0.05, 0.1) is 4.90 Å². The molecular weight excluding hydrogens is 384 g/mol. The third kappa shape index (κ3) is 4.51. The normalized spacial score (nSPS) is 10.9. The van der Waals surface area contributed by atoms with E-state index >= 15 is 0 Å².